The van der Waals surface area contributed by atoms with Crippen molar-refractivity contribution >= 4 is 33.5 Å². The third-order valence-corrected chi connectivity index (χ3v) is 5.07. The molecule has 1 N–H and O–H groups in total. The summed E-state index contributed by atoms with van der Waals surface area (Å²) in [5.41, 5.74) is 2.75. The minimum Gasteiger partial charge on any atom is -0.441 e. The first-order chi connectivity index (χ1) is 11.3. The maximum absolute atomic E-state index is 12.1. The van der Waals surface area contributed by atoms with E-state index in [4.69, 9.17) is 4.42 Å². The number of oxazole rings is 1. The minimum atomic E-state index is -0.0432. The number of anilines is 1. The van der Waals surface area contributed by atoms with E-state index in [0.717, 1.165) is 34.8 Å². The lowest BCUT2D eigenvalue weighted by Gasteiger charge is -2.06. The fraction of sp³-hybridized carbons (Fsp3) is 0.353. The predicted octanol–water partition coefficient (Wildman–Crippen LogP) is 3.73. The van der Waals surface area contributed by atoms with E-state index in [2.05, 4.69) is 15.3 Å². The summed E-state index contributed by atoms with van der Waals surface area (Å²) < 4.78 is 5.63. The summed E-state index contributed by atoms with van der Waals surface area (Å²) in [6.45, 7) is 0. The summed E-state index contributed by atoms with van der Waals surface area (Å²) in [4.78, 5) is 22.3. The number of carbonyl (C=O) groups excluding carboxylic acids is 1. The molecule has 118 valence electrons. The molecular formula is C17H17N3O2S. The van der Waals surface area contributed by atoms with Gasteiger partial charge in [-0.1, -0.05) is 12.1 Å². The SMILES string of the molecule is O=C(CCc1nc2ccccc2o1)Nc1nc2c(s1)CCCC2. The highest BCUT2D eigenvalue weighted by atomic mass is 32.1. The maximum Gasteiger partial charge on any atom is 0.226 e. The average molecular weight is 327 g/mol. The highest BCUT2D eigenvalue weighted by Crippen LogP contribution is 2.29. The molecule has 1 aliphatic carbocycles. The molecule has 1 amide bonds. The lowest BCUT2D eigenvalue weighted by atomic mass is 10.0. The Kier molecular flexibility index (Phi) is 3.83. The molecule has 5 nitrogen and oxygen atoms in total. The predicted molar refractivity (Wildman–Crippen MR) is 89.7 cm³/mol. The number of aryl methyl sites for hydroxylation is 3. The zero-order chi connectivity index (χ0) is 15.6. The molecule has 3 aromatic rings. The van der Waals surface area contributed by atoms with Crippen LogP contribution < -0.4 is 5.32 Å². The van der Waals surface area contributed by atoms with Gasteiger partial charge in [0.25, 0.3) is 0 Å². The van der Waals surface area contributed by atoms with Gasteiger partial charge in [-0.25, -0.2) is 9.97 Å². The van der Waals surface area contributed by atoms with Crippen LogP contribution in [0.4, 0.5) is 5.13 Å². The molecule has 0 spiro atoms. The van der Waals surface area contributed by atoms with E-state index in [-0.39, 0.29) is 5.91 Å². The molecule has 1 aromatic carbocycles. The van der Waals surface area contributed by atoms with Crippen molar-refractivity contribution in [1.82, 2.24) is 9.97 Å². The molecule has 0 atom stereocenters. The lowest BCUT2D eigenvalue weighted by Crippen LogP contribution is -2.12. The molecule has 6 heteroatoms. The molecule has 2 aromatic heterocycles. The van der Waals surface area contributed by atoms with Crippen molar-refractivity contribution in [2.24, 2.45) is 0 Å². The Morgan fingerprint density at radius 3 is 2.96 bits per heavy atom. The van der Waals surface area contributed by atoms with Gasteiger partial charge in [-0.3, -0.25) is 4.79 Å². The Hall–Kier alpha value is -2.21. The molecule has 1 aliphatic rings. The minimum absolute atomic E-state index is 0.0432. The van der Waals surface area contributed by atoms with E-state index in [1.807, 2.05) is 24.3 Å². The van der Waals surface area contributed by atoms with E-state index in [1.165, 1.54) is 17.7 Å². The van der Waals surface area contributed by atoms with E-state index in [1.54, 1.807) is 11.3 Å². The number of thiazole rings is 1. The van der Waals surface area contributed by atoms with Crippen LogP contribution in [0.3, 0.4) is 0 Å². The van der Waals surface area contributed by atoms with Gasteiger partial charge in [0.2, 0.25) is 5.91 Å². The molecule has 2 heterocycles. The van der Waals surface area contributed by atoms with Crippen LogP contribution in [0.5, 0.6) is 0 Å². The number of rotatable bonds is 4. The zero-order valence-corrected chi connectivity index (χ0v) is 13.5. The van der Waals surface area contributed by atoms with Crippen LogP contribution in [-0.2, 0) is 24.1 Å². The first kappa shape index (κ1) is 14.4. The highest BCUT2D eigenvalue weighted by molar-refractivity contribution is 7.15. The van der Waals surface area contributed by atoms with Gasteiger partial charge in [-0.15, -0.1) is 11.3 Å². The summed E-state index contributed by atoms with van der Waals surface area (Å²) in [5, 5.41) is 3.62. The number of carbonyl (C=O) groups is 1. The second kappa shape index (κ2) is 6.12. The third kappa shape index (κ3) is 3.12. The van der Waals surface area contributed by atoms with Crippen molar-refractivity contribution in [1.29, 1.82) is 0 Å². The second-order valence-corrected chi connectivity index (χ2v) is 6.80. The molecule has 0 bridgehead atoms. The van der Waals surface area contributed by atoms with Crippen LogP contribution in [0.1, 0.15) is 35.7 Å². The average Bonchev–Trinajstić information content (AvgIpc) is 3.15. The Labute approximate surface area is 137 Å². The van der Waals surface area contributed by atoms with Gasteiger partial charge in [0, 0.05) is 17.7 Å². The fourth-order valence-electron chi connectivity index (χ4n) is 2.83. The number of hydrogen-bond donors (Lipinski definition) is 1. The van der Waals surface area contributed by atoms with Gasteiger partial charge in [0.1, 0.15) is 5.52 Å². The van der Waals surface area contributed by atoms with Crippen LogP contribution >= 0.6 is 11.3 Å². The summed E-state index contributed by atoms with van der Waals surface area (Å²) in [7, 11) is 0. The van der Waals surface area contributed by atoms with E-state index in [9.17, 15) is 4.79 Å². The molecule has 0 radical (unpaired) electrons. The van der Waals surface area contributed by atoms with Gasteiger partial charge in [-0.05, 0) is 37.8 Å². The Balaban J connectivity index is 1.37. The van der Waals surface area contributed by atoms with Crippen LogP contribution in [0.2, 0.25) is 0 Å². The fourth-order valence-corrected chi connectivity index (χ4v) is 3.90. The highest BCUT2D eigenvalue weighted by Gasteiger charge is 2.16. The smallest absolute Gasteiger partial charge is 0.226 e. The molecule has 0 saturated carbocycles. The first-order valence-corrected chi connectivity index (χ1v) is 8.72. The first-order valence-electron chi connectivity index (χ1n) is 7.91. The number of nitrogens with zero attached hydrogens (tertiary/aromatic N) is 2. The molecule has 0 aliphatic heterocycles. The van der Waals surface area contributed by atoms with Crippen molar-refractivity contribution in [3.8, 4) is 0 Å². The van der Waals surface area contributed by atoms with Gasteiger partial charge in [0.05, 0.1) is 5.69 Å². The number of aromatic nitrogens is 2. The quantitative estimate of drug-likeness (QED) is 0.793. The Morgan fingerprint density at radius 1 is 1.22 bits per heavy atom. The van der Waals surface area contributed by atoms with Crippen molar-refractivity contribution in [2.75, 3.05) is 5.32 Å². The third-order valence-electron chi connectivity index (χ3n) is 4.00. The number of amides is 1. The van der Waals surface area contributed by atoms with Gasteiger partial charge >= 0.3 is 0 Å². The van der Waals surface area contributed by atoms with Crippen LogP contribution in [0, 0.1) is 0 Å². The van der Waals surface area contributed by atoms with E-state index >= 15 is 0 Å². The molecule has 0 unspecified atom stereocenters. The van der Waals surface area contributed by atoms with Crippen molar-refractivity contribution in [2.45, 2.75) is 38.5 Å². The molecule has 0 fully saturated rings. The molecular weight excluding hydrogens is 310 g/mol. The Morgan fingerprint density at radius 2 is 2.09 bits per heavy atom. The van der Waals surface area contributed by atoms with Crippen LogP contribution in [0.25, 0.3) is 11.1 Å². The van der Waals surface area contributed by atoms with Gasteiger partial charge < -0.3 is 9.73 Å². The maximum atomic E-state index is 12.1. The van der Waals surface area contributed by atoms with E-state index in [0.29, 0.717) is 18.7 Å². The van der Waals surface area contributed by atoms with Crippen molar-refractivity contribution in [3.63, 3.8) is 0 Å². The zero-order valence-electron chi connectivity index (χ0n) is 12.7. The monoisotopic (exact) mass is 327 g/mol. The number of hydrogen-bond acceptors (Lipinski definition) is 5. The molecule has 0 saturated heterocycles. The molecule has 23 heavy (non-hydrogen) atoms. The standard InChI is InChI=1S/C17H17N3O2S/c21-15(20-17-19-12-6-2-4-8-14(12)23-17)9-10-16-18-11-5-1-3-7-13(11)22-16/h1,3,5,7H,2,4,6,8-10H2,(H,19,20,21). The summed E-state index contributed by atoms with van der Waals surface area (Å²) in [5.74, 6) is 0.554. The van der Waals surface area contributed by atoms with Crippen molar-refractivity contribution in [3.05, 3.63) is 40.7 Å². The summed E-state index contributed by atoms with van der Waals surface area (Å²) >= 11 is 1.61. The lowest BCUT2D eigenvalue weighted by molar-refractivity contribution is -0.116. The summed E-state index contributed by atoms with van der Waals surface area (Å²) in [6.07, 6.45) is 5.38. The van der Waals surface area contributed by atoms with E-state index < -0.39 is 0 Å². The van der Waals surface area contributed by atoms with Gasteiger partial charge in [-0.2, -0.15) is 0 Å². The van der Waals surface area contributed by atoms with Crippen LogP contribution in [-0.4, -0.2) is 15.9 Å². The van der Waals surface area contributed by atoms with Crippen LogP contribution in [0.15, 0.2) is 28.7 Å². The number of nitrogens with one attached hydrogen (secondary N) is 1. The van der Waals surface area contributed by atoms with Gasteiger partial charge in [0.15, 0.2) is 16.6 Å². The van der Waals surface area contributed by atoms with Crippen molar-refractivity contribution < 1.29 is 9.21 Å². The largest absolute Gasteiger partial charge is 0.441 e. The molecule has 4 rings (SSSR count). The summed E-state index contributed by atoms with van der Waals surface area (Å²) in [6, 6.07) is 7.62. The normalized spacial score (nSPS) is 13.9. The number of fused-ring (bicyclic) bond motifs is 2. The second-order valence-electron chi connectivity index (χ2n) is 5.72. The number of benzene rings is 1. The Bertz CT molecular complexity index is 796. The topological polar surface area (TPSA) is 68.0 Å². The number of para-hydroxylation sites is 2.